The lowest BCUT2D eigenvalue weighted by molar-refractivity contribution is -0.129. The van der Waals surface area contributed by atoms with Gasteiger partial charge in [-0.3, -0.25) is 19.4 Å². The van der Waals surface area contributed by atoms with Crippen molar-refractivity contribution in [2.45, 2.75) is 25.3 Å². The molecule has 8 nitrogen and oxygen atoms in total. The van der Waals surface area contributed by atoms with E-state index < -0.39 is 29.1 Å². The molecule has 10 heteroatoms. The summed E-state index contributed by atoms with van der Waals surface area (Å²) < 4.78 is 19.7. The van der Waals surface area contributed by atoms with E-state index in [1.807, 2.05) is 0 Å². The lowest BCUT2D eigenvalue weighted by Crippen LogP contribution is -2.56. The van der Waals surface area contributed by atoms with Gasteiger partial charge in [0.2, 0.25) is 5.91 Å². The Morgan fingerprint density at radius 2 is 1.83 bits per heavy atom. The van der Waals surface area contributed by atoms with Crippen molar-refractivity contribution in [1.29, 1.82) is 0 Å². The van der Waals surface area contributed by atoms with Crippen molar-refractivity contribution >= 4 is 29.4 Å². The summed E-state index contributed by atoms with van der Waals surface area (Å²) in [6, 6.07) is 9.53. The normalized spacial score (nSPS) is 15.9. The minimum absolute atomic E-state index is 0.00900. The van der Waals surface area contributed by atoms with Gasteiger partial charge < -0.3 is 15.6 Å². The molecule has 188 valence electrons. The summed E-state index contributed by atoms with van der Waals surface area (Å²) in [7, 11) is 0. The second kappa shape index (κ2) is 11.6. The van der Waals surface area contributed by atoms with Gasteiger partial charge in [0.1, 0.15) is 11.4 Å². The van der Waals surface area contributed by atoms with E-state index in [1.165, 1.54) is 43.3 Å². The van der Waals surface area contributed by atoms with Gasteiger partial charge in [0.15, 0.2) is 5.78 Å². The van der Waals surface area contributed by atoms with E-state index in [-0.39, 0.29) is 28.3 Å². The van der Waals surface area contributed by atoms with Gasteiger partial charge in [-0.1, -0.05) is 29.8 Å². The highest BCUT2D eigenvalue weighted by Gasteiger charge is 2.45. The van der Waals surface area contributed by atoms with Crippen molar-refractivity contribution in [1.82, 2.24) is 9.80 Å². The van der Waals surface area contributed by atoms with Gasteiger partial charge in [-0.15, -0.1) is 0 Å². The molecule has 0 saturated carbocycles. The summed E-state index contributed by atoms with van der Waals surface area (Å²) in [6.07, 6.45) is -0.200. The van der Waals surface area contributed by atoms with Crippen LogP contribution in [0, 0.1) is 5.82 Å². The van der Waals surface area contributed by atoms with Crippen molar-refractivity contribution in [2.75, 3.05) is 39.4 Å². The first-order valence-electron chi connectivity index (χ1n) is 11.4. The Morgan fingerprint density at radius 1 is 1.14 bits per heavy atom. The highest BCUT2D eigenvalue weighted by atomic mass is 35.5. The van der Waals surface area contributed by atoms with Crippen LogP contribution in [0.2, 0.25) is 5.02 Å². The molecule has 1 atom stereocenters. The Morgan fingerprint density at radius 3 is 2.46 bits per heavy atom. The predicted octanol–water partition coefficient (Wildman–Crippen LogP) is 3.50. The Kier molecular flexibility index (Phi) is 8.82. The van der Waals surface area contributed by atoms with Crippen LogP contribution in [-0.2, 0) is 15.1 Å². The molecular formula is C25H29ClFN3O5. The Balaban J connectivity index is 1.93. The standard InChI is InChI=1S/C25H29ClFN3O5/c1-25(23(28)32,30(24(33)34)11-5-4-10-29-12-14-35-15-13-29)20-9-8-17(26)16-19(20)22(31)18-6-2-3-7-21(18)27/h2-3,6-9,16H,4-5,10-15H2,1H3,(H2,28,32)(H,33,34). The number of ketones is 1. The van der Waals surface area contributed by atoms with Crippen molar-refractivity contribution in [3.63, 3.8) is 0 Å². The van der Waals surface area contributed by atoms with Crippen LogP contribution in [0.5, 0.6) is 0 Å². The van der Waals surface area contributed by atoms with E-state index in [2.05, 4.69) is 4.90 Å². The van der Waals surface area contributed by atoms with Gasteiger partial charge in [-0.05, 0) is 56.1 Å². The topological polar surface area (TPSA) is 113 Å². The van der Waals surface area contributed by atoms with Crippen molar-refractivity contribution < 1.29 is 28.6 Å². The monoisotopic (exact) mass is 505 g/mol. The number of ether oxygens (including phenoxy) is 1. The molecule has 1 aliphatic rings. The smallest absolute Gasteiger partial charge is 0.408 e. The molecule has 2 amide bonds. The van der Waals surface area contributed by atoms with Crippen molar-refractivity contribution in [3.8, 4) is 0 Å². The van der Waals surface area contributed by atoms with E-state index in [0.29, 0.717) is 26.1 Å². The molecule has 0 spiro atoms. The summed E-state index contributed by atoms with van der Waals surface area (Å²) >= 11 is 6.13. The number of hydrogen-bond acceptors (Lipinski definition) is 5. The Labute approximate surface area is 208 Å². The zero-order valence-electron chi connectivity index (χ0n) is 19.5. The zero-order chi connectivity index (χ0) is 25.6. The molecule has 1 saturated heterocycles. The second-order valence-corrected chi connectivity index (χ2v) is 8.97. The summed E-state index contributed by atoms with van der Waals surface area (Å²) in [5, 5.41) is 10.2. The zero-order valence-corrected chi connectivity index (χ0v) is 20.3. The first-order chi connectivity index (χ1) is 16.7. The summed E-state index contributed by atoms with van der Waals surface area (Å²) in [5.41, 5.74) is 3.58. The molecule has 0 aromatic heterocycles. The fourth-order valence-corrected chi connectivity index (χ4v) is 4.44. The maximum absolute atomic E-state index is 14.4. The summed E-state index contributed by atoms with van der Waals surface area (Å²) in [6.45, 7) is 5.08. The van der Waals surface area contributed by atoms with Crippen molar-refractivity contribution in [3.05, 3.63) is 70.0 Å². The number of nitrogens with zero attached hydrogens (tertiary/aromatic N) is 2. The van der Waals surface area contributed by atoms with Crippen LogP contribution in [0.15, 0.2) is 42.5 Å². The van der Waals surface area contributed by atoms with Crippen molar-refractivity contribution in [2.24, 2.45) is 5.73 Å². The number of primary amides is 1. The lowest BCUT2D eigenvalue weighted by Gasteiger charge is -2.38. The van der Waals surface area contributed by atoms with E-state index >= 15 is 0 Å². The number of halogens is 2. The fraction of sp³-hybridized carbons (Fsp3) is 0.400. The van der Waals surface area contributed by atoms with Gasteiger partial charge in [-0.25, -0.2) is 9.18 Å². The van der Waals surface area contributed by atoms with Crippen LogP contribution >= 0.6 is 11.6 Å². The van der Waals surface area contributed by atoms with Crippen LogP contribution in [0.1, 0.15) is 41.3 Å². The number of carboxylic acid groups (broad SMARTS) is 1. The molecule has 3 N–H and O–H groups in total. The lowest BCUT2D eigenvalue weighted by atomic mass is 9.83. The molecule has 2 aromatic carbocycles. The van der Waals surface area contributed by atoms with Gasteiger partial charge in [0.25, 0.3) is 0 Å². The molecule has 3 rings (SSSR count). The first kappa shape index (κ1) is 26.6. The molecular weight excluding hydrogens is 477 g/mol. The molecule has 0 aliphatic carbocycles. The Hall–Kier alpha value is -3.01. The van der Waals surface area contributed by atoms with Crippen LogP contribution in [0.4, 0.5) is 9.18 Å². The molecule has 1 fully saturated rings. The SMILES string of the molecule is CC(C(N)=O)(c1ccc(Cl)cc1C(=O)c1ccccc1F)N(CCCCN1CCOCC1)C(=O)O. The number of morpholine rings is 1. The summed E-state index contributed by atoms with van der Waals surface area (Å²) in [4.78, 5) is 41.6. The predicted molar refractivity (Wildman–Crippen MR) is 129 cm³/mol. The Bertz CT molecular complexity index is 1090. The number of carbonyl (C=O) groups is 3. The highest BCUT2D eigenvalue weighted by molar-refractivity contribution is 6.31. The third-order valence-electron chi connectivity index (χ3n) is 6.33. The number of rotatable bonds is 10. The minimum atomic E-state index is -1.90. The number of benzene rings is 2. The van der Waals surface area contributed by atoms with Crippen LogP contribution in [0.25, 0.3) is 0 Å². The van der Waals surface area contributed by atoms with E-state index in [4.69, 9.17) is 22.1 Å². The fourth-order valence-electron chi connectivity index (χ4n) is 4.27. The maximum atomic E-state index is 14.4. The third-order valence-corrected chi connectivity index (χ3v) is 6.56. The largest absolute Gasteiger partial charge is 0.465 e. The van der Waals surface area contributed by atoms with Gasteiger partial charge in [-0.2, -0.15) is 0 Å². The molecule has 0 radical (unpaired) electrons. The molecule has 2 aromatic rings. The number of nitrogens with two attached hydrogens (primary N) is 1. The number of unbranched alkanes of at least 4 members (excludes halogenated alkanes) is 1. The van der Waals surface area contributed by atoms with E-state index in [1.54, 1.807) is 0 Å². The van der Waals surface area contributed by atoms with Gasteiger partial charge >= 0.3 is 6.09 Å². The average Bonchev–Trinajstić information content (AvgIpc) is 2.83. The number of hydrogen-bond donors (Lipinski definition) is 2. The third kappa shape index (κ3) is 5.98. The molecule has 1 heterocycles. The highest BCUT2D eigenvalue weighted by Crippen LogP contribution is 2.34. The molecule has 1 unspecified atom stereocenters. The molecule has 1 aliphatic heterocycles. The maximum Gasteiger partial charge on any atom is 0.408 e. The van der Waals surface area contributed by atoms with Gasteiger partial charge in [0, 0.05) is 30.2 Å². The average molecular weight is 506 g/mol. The van der Waals surface area contributed by atoms with Crippen LogP contribution in [-0.4, -0.2) is 72.1 Å². The molecule has 35 heavy (non-hydrogen) atoms. The van der Waals surface area contributed by atoms with Crippen LogP contribution < -0.4 is 5.73 Å². The van der Waals surface area contributed by atoms with Gasteiger partial charge in [0.05, 0.1) is 18.8 Å². The number of amides is 2. The minimum Gasteiger partial charge on any atom is -0.465 e. The quantitative estimate of drug-likeness (QED) is 0.377. The van der Waals surface area contributed by atoms with Crippen LogP contribution in [0.3, 0.4) is 0 Å². The van der Waals surface area contributed by atoms with E-state index in [9.17, 15) is 23.9 Å². The summed E-state index contributed by atoms with van der Waals surface area (Å²) in [5.74, 6) is -2.44. The van der Waals surface area contributed by atoms with E-state index in [0.717, 1.165) is 30.6 Å². The first-order valence-corrected chi connectivity index (χ1v) is 11.7. The molecule has 0 bridgehead atoms. The second-order valence-electron chi connectivity index (χ2n) is 8.53. The number of carbonyl (C=O) groups excluding carboxylic acids is 2.